The van der Waals surface area contributed by atoms with Crippen molar-refractivity contribution in [3.05, 3.63) is 24.3 Å². The average Bonchev–Trinajstić information content (AvgIpc) is 2.92. The predicted octanol–water partition coefficient (Wildman–Crippen LogP) is -15.6. The SMILES string of the molecule is O=C([O-])/C=C/C(=O)[O-].O=C([O-])/C=C/C(=O)[O-].O=C([O-])[C@H](O)[C@@H](O)[C@H](O)[C@H](O)CO.O=C([O-])[C@H](O)[C@@H](O)[C@H](O)[C@H](O)CO.[Fe+2].[Fe+2].[Fe+2]. The van der Waals surface area contributed by atoms with E-state index in [4.69, 9.17) is 51.1 Å². The summed E-state index contributed by atoms with van der Waals surface area (Å²) in [6, 6.07) is 0. The van der Waals surface area contributed by atoms with E-state index in [1.54, 1.807) is 0 Å². The summed E-state index contributed by atoms with van der Waals surface area (Å²) in [5, 5.41) is 145. The van der Waals surface area contributed by atoms with Gasteiger partial charge in [0.1, 0.15) is 48.8 Å². The fraction of sp³-hybridized carbons (Fsp3) is 0.500. The van der Waals surface area contributed by atoms with Crippen LogP contribution in [0.2, 0.25) is 0 Å². The van der Waals surface area contributed by atoms with Gasteiger partial charge in [-0.2, -0.15) is 0 Å². The van der Waals surface area contributed by atoms with Gasteiger partial charge in [-0.05, 0) is 24.3 Å². The first kappa shape index (κ1) is 58.0. The largest absolute Gasteiger partial charge is 2.00 e. The third-order valence-electron chi connectivity index (χ3n) is 3.70. The minimum absolute atomic E-state index is 0. The molecule has 0 bridgehead atoms. The van der Waals surface area contributed by atoms with E-state index < -0.39 is 97.9 Å². The third kappa shape index (κ3) is 34.2. The first-order valence-electron chi connectivity index (χ1n) is 10.4. The van der Waals surface area contributed by atoms with Crippen molar-refractivity contribution in [2.45, 2.75) is 48.8 Å². The van der Waals surface area contributed by atoms with Gasteiger partial charge in [0.15, 0.2) is 0 Å². The molecule has 0 saturated carbocycles. The summed E-state index contributed by atoms with van der Waals surface area (Å²) in [6.45, 7) is -1.73. The van der Waals surface area contributed by atoms with Crippen LogP contribution in [0.4, 0.5) is 0 Å². The molecule has 0 saturated heterocycles. The molecule has 45 heavy (non-hydrogen) atoms. The monoisotopic (exact) mass is 786 g/mol. The maximum Gasteiger partial charge on any atom is 2.00 e. The summed E-state index contributed by atoms with van der Waals surface area (Å²) in [5.41, 5.74) is 0. The van der Waals surface area contributed by atoms with E-state index in [0.29, 0.717) is 24.3 Å². The van der Waals surface area contributed by atoms with Crippen molar-refractivity contribution >= 4 is 35.8 Å². The van der Waals surface area contributed by atoms with Crippen molar-refractivity contribution in [2.24, 2.45) is 0 Å². The number of hydrogen-bond acceptors (Lipinski definition) is 22. The first-order valence-corrected chi connectivity index (χ1v) is 10.4. The van der Waals surface area contributed by atoms with Crippen molar-refractivity contribution in [2.75, 3.05) is 13.2 Å². The molecule has 0 aliphatic carbocycles. The van der Waals surface area contributed by atoms with Gasteiger partial charge in [-0.15, -0.1) is 0 Å². The Balaban J connectivity index is -0.0000000858. The van der Waals surface area contributed by atoms with E-state index in [9.17, 15) is 59.4 Å². The van der Waals surface area contributed by atoms with Gasteiger partial charge in [-0.1, -0.05) is 0 Å². The number of rotatable bonds is 14. The zero-order valence-corrected chi connectivity index (χ0v) is 25.1. The van der Waals surface area contributed by atoms with Crippen LogP contribution < -0.4 is 30.6 Å². The van der Waals surface area contributed by atoms with Crippen LogP contribution in [-0.4, -0.2) is 149 Å². The Morgan fingerprint density at radius 2 is 0.600 bits per heavy atom. The Labute approximate surface area is 283 Å². The number of aliphatic hydroxyl groups excluding tert-OH is 10. The van der Waals surface area contributed by atoms with Crippen LogP contribution in [-0.2, 0) is 80.0 Å². The van der Waals surface area contributed by atoms with Crippen LogP contribution in [0.1, 0.15) is 0 Å². The van der Waals surface area contributed by atoms with Crippen molar-refractivity contribution < 1.29 is 162 Å². The Morgan fingerprint density at radius 1 is 0.422 bits per heavy atom. The summed E-state index contributed by atoms with van der Waals surface area (Å²) < 4.78 is 0. The second-order valence-electron chi connectivity index (χ2n) is 6.93. The summed E-state index contributed by atoms with van der Waals surface area (Å²) in [5.74, 6) is -10.1. The molecule has 0 rings (SSSR count). The number of hydrogen-bond donors (Lipinski definition) is 10. The second-order valence-corrected chi connectivity index (χ2v) is 6.93. The number of carbonyl (C=O) groups excluding carboxylic acids is 6. The second kappa shape index (κ2) is 32.8. The zero-order valence-electron chi connectivity index (χ0n) is 21.8. The van der Waals surface area contributed by atoms with Crippen LogP contribution in [0, 0.1) is 0 Å². The standard InChI is InChI=1S/2C6H12O7.2C4H4O4.3Fe/c2*7-1-2(8)3(9)4(10)5(11)6(12)13;2*5-3(6)1-2-4(7)8;;;/h2*2-5,7-11H,1H2,(H,12,13);2*1-2H,(H,5,6)(H,7,8);;;/q;;;;3*+2/p-6/b;;2*2-1+;;;/t2*2-,3-,4+,5-;;;;;/m11...../s1. The van der Waals surface area contributed by atoms with Crippen LogP contribution in [0.25, 0.3) is 0 Å². The Morgan fingerprint density at radius 3 is 0.711 bits per heavy atom. The first-order chi connectivity index (χ1) is 19.1. The molecule has 0 fully saturated rings. The van der Waals surface area contributed by atoms with Gasteiger partial charge in [0, 0.05) is 0 Å². The normalized spacial score (nSPS) is 15.2. The molecule has 0 aliphatic rings. The Hall–Kier alpha value is -2.54. The molecule has 0 radical (unpaired) electrons. The zero-order chi connectivity index (χ0) is 34.3. The molecular weight excluding hydrogens is 760 g/mol. The van der Waals surface area contributed by atoms with Gasteiger partial charge in [-0.25, -0.2) is 0 Å². The average molecular weight is 786 g/mol. The van der Waals surface area contributed by atoms with E-state index in [-0.39, 0.29) is 51.2 Å². The molecule has 8 atom stereocenters. The van der Waals surface area contributed by atoms with Gasteiger partial charge in [0.05, 0.1) is 49.0 Å². The number of aliphatic hydroxyl groups is 10. The fourth-order valence-electron chi connectivity index (χ4n) is 1.60. The minimum atomic E-state index is -2.31. The molecular formula is C20H26Fe3O22. The van der Waals surface area contributed by atoms with Gasteiger partial charge in [0.25, 0.3) is 0 Å². The number of carbonyl (C=O) groups is 6. The smallest absolute Gasteiger partial charge is 0.547 e. The maximum atomic E-state index is 9.98. The molecule has 262 valence electrons. The quantitative estimate of drug-likeness (QED) is 0.0577. The Bertz CT molecular complexity index is 810. The predicted molar refractivity (Wildman–Crippen MR) is 111 cm³/mol. The number of carboxylic acid groups (broad SMARTS) is 6. The van der Waals surface area contributed by atoms with Gasteiger partial charge in [-0.3, -0.25) is 0 Å². The van der Waals surface area contributed by atoms with Crippen LogP contribution in [0.15, 0.2) is 24.3 Å². The maximum absolute atomic E-state index is 9.98. The molecule has 0 aliphatic heterocycles. The van der Waals surface area contributed by atoms with Gasteiger partial charge < -0.3 is 110 Å². The topological polar surface area (TPSA) is 443 Å². The van der Waals surface area contributed by atoms with Crippen LogP contribution in [0.3, 0.4) is 0 Å². The number of carboxylic acids is 6. The third-order valence-corrected chi connectivity index (χ3v) is 3.70. The molecule has 10 N–H and O–H groups in total. The minimum Gasteiger partial charge on any atom is -0.547 e. The summed E-state index contributed by atoms with van der Waals surface area (Å²) >= 11 is 0. The molecule has 0 aromatic heterocycles. The molecule has 0 aromatic carbocycles. The summed E-state index contributed by atoms with van der Waals surface area (Å²) in [6.07, 6.45) is -14.6. The van der Waals surface area contributed by atoms with Crippen molar-refractivity contribution in [3.63, 3.8) is 0 Å². The molecule has 25 heteroatoms. The van der Waals surface area contributed by atoms with E-state index in [1.165, 1.54) is 0 Å². The molecule has 0 heterocycles. The van der Waals surface area contributed by atoms with Crippen molar-refractivity contribution in [3.8, 4) is 0 Å². The fourth-order valence-corrected chi connectivity index (χ4v) is 1.60. The van der Waals surface area contributed by atoms with Gasteiger partial charge >= 0.3 is 51.2 Å². The van der Waals surface area contributed by atoms with Crippen molar-refractivity contribution in [1.29, 1.82) is 0 Å². The Kier molecular flexibility index (Phi) is 42.4. The van der Waals surface area contributed by atoms with Crippen molar-refractivity contribution in [1.82, 2.24) is 0 Å². The molecule has 0 spiro atoms. The summed E-state index contributed by atoms with van der Waals surface area (Å²) in [4.78, 5) is 57.6. The number of aliphatic carboxylic acids is 6. The van der Waals surface area contributed by atoms with E-state index in [2.05, 4.69) is 0 Å². The molecule has 0 amide bonds. The van der Waals surface area contributed by atoms with Crippen LogP contribution >= 0.6 is 0 Å². The van der Waals surface area contributed by atoms with Crippen LogP contribution in [0.5, 0.6) is 0 Å². The van der Waals surface area contributed by atoms with E-state index in [1.807, 2.05) is 0 Å². The molecule has 0 aromatic rings. The molecule has 22 nitrogen and oxygen atoms in total. The molecule has 0 unspecified atom stereocenters. The van der Waals surface area contributed by atoms with E-state index >= 15 is 0 Å². The van der Waals surface area contributed by atoms with E-state index in [0.717, 1.165) is 0 Å². The van der Waals surface area contributed by atoms with Gasteiger partial charge in [0.2, 0.25) is 0 Å². The summed E-state index contributed by atoms with van der Waals surface area (Å²) in [7, 11) is 0.